The lowest BCUT2D eigenvalue weighted by atomic mass is 10.4. The predicted molar refractivity (Wildman–Crippen MR) is 96.8 cm³/mol. The Labute approximate surface area is 155 Å². The maximum Gasteiger partial charge on any atom is 0.390 e. The lowest BCUT2D eigenvalue weighted by molar-refractivity contribution is -0.132. The van der Waals surface area contributed by atoms with Crippen LogP contribution >= 0.6 is 24.0 Å². The highest BCUT2D eigenvalue weighted by atomic mass is 127. The molecular formula is C14H20F3IN6. The molecule has 10 heteroatoms. The third kappa shape index (κ3) is 6.49. The first-order valence-corrected chi connectivity index (χ1v) is 7.37. The Morgan fingerprint density at radius 1 is 1.25 bits per heavy atom. The summed E-state index contributed by atoms with van der Waals surface area (Å²) in [6.45, 7) is 2.62. The van der Waals surface area contributed by atoms with E-state index >= 15 is 0 Å². The van der Waals surface area contributed by atoms with E-state index in [9.17, 15) is 13.2 Å². The van der Waals surface area contributed by atoms with Crippen molar-refractivity contribution >= 4 is 35.6 Å². The number of hydrogen-bond acceptors (Lipinski definition) is 3. The predicted octanol–water partition coefficient (Wildman–Crippen LogP) is 2.40. The molecule has 2 rings (SSSR count). The molecule has 0 aliphatic heterocycles. The molecule has 0 saturated heterocycles. The summed E-state index contributed by atoms with van der Waals surface area (Å²) in [5, 5.41) is 14.1. The Bertz CT molecular complexity index is 655. The molecule has 0 aliphatic carbocycles. The third-order valence-electron chi connectivity index (χ3n) is 3.03. The second kappa shape index (κ2) is 9.64. The molecule has 2 N–H and O–H groups in total. The second-order valence-electron chi connectivity index (χ2n) is 4.85. The Hall–Kier alpha value is -1.59. The van der Waals surface area contributed by atoms with Crippen molar-refractivity contribution in [2.75, 3.05) is 19.6 Å². The van der Waals surface area contributed by atoms with Gasteiger partial charge in [0, 0.05) is 25.7 Å². The standard InChI is InChI=1S/C14H19F3N6.HI/c1-2-18-13(20-9-7-14(15,16)17)19-8-6-12-22-21-11-5-3-4-10-23(11)12;/h3-5,10H,2,6-9H2,1H3,(H2,18,19,20);1H. The molecule has 0 radical (unpaired) electrons. The van der Waals surface area contributed by atoms with Gasteiger partial charge in [0.05, 0.1) is 13.0 Å². The maximum absolute atomic E-state index is 12.2. The van der Waals surface area contributed by atoms with Crippen molar-refractivity contribution in [3.63, 3.8) is 0 Å². The molecule has 0 fully saturated rings. The van der Waals surface area contributed by atoms with Gasteiger partial charge in [-0.15, -0.1) is 34.2 Å². The van der Waals surface area contributed by atoms with Crippen molar-refractivity contribution in [1.29, 1.82) is 0 Å². The lowest BCUT2D eigenvalue weighted by Crippen LogP contribution is -2.38. The summed E-state index contributed by atoms with van der Waals surface area (Å²) in [4.78, 5) is 3.91. The second-order valence-corrected chi connectivity index (χ2v) is 4.85. The van der Waals surface area contributed by atoms with Crippen molar-refractivity contribution in [2.45, 2.75) is 25.9 Å². The zero-order valence-corrected chi connectivity index (χ0v) is 15.5. The lowest BCUT2D eigenvalue weighted by Gasteiger charge is -2.11. The minimum Gasteiger partial charge on any atom is -0.357 e. The molecule has 0 spiro atoms. The van der Waals surface area contributed by atoms with E-state index < -0.39 is 12.6 Å². The van der Waals surface area contributed by atoms with Gasteiger partial charge in [0.1, 0.15) is 5.82 Å². The molecule has 2 aromatic rings. The van der Waals surface area contributed by atoms with Gasteiger partial charge in [-0.3, -0.25) is 9.39 Å². The van der Waals surface area contributed by atoms with Crippen LogP contribution in [0.15, 0.2) is 29.4 Å². The van der Waals surface area contributed by atoms with Gasteiger partial charge in [-0.2, -0.15) is 13.2 Å². The molecule has 0 saturated carbocycles. The molecule has 2 heterocycles. The average Bonchev–Trinajstić information content (AvgIpc) is 2.89. The zero-order chi connectivity index (χ0) is 16.7. The van der Waals surface area contributed by atoms with Crippen molar-refractivity contribution in [2.24, 2.45) is 4.99 Å². The summed E-state index contributed by atoms with van der Waals surface area (Å²) in [7, 11) is 0. The first-order valence-electron chi connectivity index (χ1n) is 7.37. The molecule has 0 atom stereocenters. The van der Waals surface area contributed by atoms with Crippen LogP contribution < -0.4 is 10.6 Å². The zero-order valence-electron chi connectivity index (χ0n) is 13.2. The van der Waals surface area contributed by atoms with Crippen LogP contribution in [0.1, 0.15) is 19.2 Å². The van der Waals surface area contributed by atoms with Crippen molar-refractivity contribution in [3.8, 4) is 0 Å². The summed E-state index contributed by atoms with van der Waals surface area (Å²) in [5.41, 5.74) is 0.758. The van der Waals surface area contributed by atoms with Gasteiger partial charge in [0.25, 0.3) is 0 Å². The number of rotatable bonds is 6. The SMILES string of the molecule is CCNC(=NCCC(F)(F)F)NCCc1nnc2ccccn12.I. The Kier molecular flexibility index (Phi) is 8.22. The van der Waals surface area contributed by atoms with Crippen LogP contribution in [0.25, 0.3) is 5.65 Å². The average molecular weight is 456 g/mol. The fraction of sp³-hybridized carbons (Fsp3) is 0.500. The number of hydrogen-bond donors (Lipinski definition) is 2. The number of pyridine rings is 1. The summed E-state index contributed by atoms with van der Waals surface area (Å²) in [6, 6.07) is 5.62. The number of fused-ring (bicyclic) bond motifs is 1. The van der Waals surface area contributed by atoms with E-state index in [-0.39, 0.29) is 30.5 Å². The molecule has 2 aromatic heterocycles. The van der Waals surface area contributed by atoms with E-state index in [1.807, 2.05) is 35.7 Å². The molecule has 0 unspecified atom stereocenters. The number of aromatic nitrogens is 3. The largest absolute Gasteiger partial charge is 0.390 e. The van der Waals surface area contributed by atoms with Crippen molar-refractivity contribution < 1.29 is 13.2 Å². The highest BCUT2D eigenvalue weighted by Crippen LogP contribution is 2.18. The van der Waals surface area contributed by atoms with E-state index in [1.54, 1.807) is 0 Å². The van der Waals surface area contributed by atoms with Crippen LogP contribution in [-0.4, -0.2) is 46.4 Å². The third-order valence-corrected chi connectivity index (χ3v) is 3.03. The minimum atomic E-state index is -4.19. The van der Waals surface area contributed by atoms with Crippen LogP contribution in [0.5, 0.6) is 0 Å². The van der Waals surface area contributed by atoms with Crippen molar-refractivity contribution in [3.05, 3.63) is 30.2 Å². The highest BCUT2D eigenvalue weighted by Gasteiger charge is 2.26. The molecule has 0 aliphatic rings. The van der Waals surface area contributed by atoms with Gasteiger partial charge in [0.15, 0.2) is 11.6 Å². The number of nitrogens with zero attached hydrogens (tertiary/aromatic N) is 4. The van der Waals surface area contributed by atoms with Crippen LogP contribution in [0, 0.1) is 0 Å². The summed E-state index contributed by atoms with van der Waals surface area (Å²) in [5.74, 6) is 1.14. The topological polar surface area (TPSA) is 66.6 Å². The first kappa shape index (κ1) is 20.5. The smallest absolute Gasteiger partial charge is 0.357 e. The van der Waals surface area contributed by atoms with Crippen LogP contribution in [0.2, 0.25) is 0 Å². The highest BCUT2D eigenvalue weighted by molar-refractivity contribution is 14.0. The molecule has 0 amide bonds. The monoisotopic (exact) mass is 456 g/mol. The molecule has 24 heavy (non-hydrogen) atoms. The summed E-state index contributed by atoms with van der Waals surface area (Å²) in [6.07, 6.45) is -2.68. The molecular weight excluding hydrogens is 436 g/mol. The normalized spacial score (nSPS) is 12.1. The summed E-state index contributed by atoms with van der Waals surface area (Å²) >= 11 is 0. The number of guanidine groups is 1. The molecule has 6 nitrogen and oxygen atoms in total. The summed E-state index contributed by atoms with van der Waals surface area (Å²) < 4.78 is 38.3. The molecule has 134 valence electrons. The van der Waals surface area contributed by atoms with Gasteiger partial charge in [-0.05, 0) is 19.1 Å². The molecule has 0 bridgehead atoms. The Balaban J connectivity index is 0.00000288. The van der Waals surface area contributed by atoms with Gasteiger partial charge < -0.3 is 10.6 Å². The van der Waals surface area contributed by atoms with E-state index in [0.29, 0.717) is 25.5 Å². The number of aliphatic imine (C=N–C) groups is 1. The van der Waals surface area contributed by atoms with Crippen LogP contribution in [-0.2, 0) is 6.42 Å². The first-order chi connectivity index (χ1) is 11.0. The maximum atomic E-state index is 12.2. The number of alkyl halides is 3. The minimum absolute atomic E-state index is 0. The van der Waals surface area contributed by atoms with E-state index in [1.165, 1.54) is 0 Å². The van der Waals surface area contributed by atoms with Gasteiger partial charge >= 0.3 is 6.18 Å². The fourth-order valence-corrected chi connectivity index (χ4v) is 1.99. The van der Waals surface area contributed by atoms with Crippen LogP contribution in [0.3, 0.4) is 0 Å². The van der Waals surface area contributed by atoms with E-state index in [2.05, 4.69) is 25.8 Å². The molecule has 0 aromatic carbocycles. The van der Waals surface area contributed by atoms with E-state index in [0.717, 1.165) is 11.5 Å². The quantitative estimate of drug-likeness (QED) is 0.398. The van der Waals surface area contributed by atoms with E-state index in [4.69, 9.17) is 0 Å². The van der Waals surface area contributed by atoms with Crippen molar-refractivity contribution in [1.82, 2.24) is 25.2 Å². The van der Waals surface area contributed by atoms with Gasteiger partial charge in [-0.25, -0.2) is 0 Å². The van der Waals surface area contributed by atoms with Crippen LogP contribution in [0.4, 0.5) is 13.2 Å². The van der Waals surface area contributed by atoms with Gasteiger partial charge in [-0.1, -0.05) is 6.07 Å². The van der Waals surface area contributed by atoms with Gasteiger partial charge in [0.2, 0.25) is 0 Å². The number of halogens is 4. The Morgan fingerprint density at radius 3 is 2.75 bits per heavy atom. The number of nitrogens with one attached hydrogen (secondary N) is 2. The Morgan fingerprint density at radius 2 is 2.04 bits per heavy atom. The fourth-order valence-electron chi connectivity index (χ4n) is 1.99.